The van der Waals surface area contributed by atoms with Gasteiger partial charge in [-0.05, 0) is 19.1 Å². The third kappa shape index (κ3) is 2.35. The molecule has 0 saturated heterocycles. The first kappa shape index (κ1) is 11.8. The predicted octanol–water partition coefficient (Wildman–Crippen LogP) is 1.34. The van der Waals surface area contributed by atoms with Crippen LogP contribution in [0.4, 0.5) is 0 Å². The van der Waals surface area contributed by atoms with E-state index in [1.807, 2.05) is 30.3 Å². The zero-order valence-electron chi connectivity index (χ0n) is 9.82. The van der Waals surface area contributed by atoms with E-state index in [0.717, 1.165) is 5.69 Å². The number of para-hydroxylation sites is 1. The molecule has 2 atom stereocenters. The van der Waals surface area contributed by atoms with Crippen molar-refractivity contribution in [2.45, 2.75) is 19.1 Å². The molecule has 0 saturated carbocycles. The fraction of sp³-hybridized carbons (Fsp3) is 0.333. The third-order valence-corrected chi connectivity index (χ3v) is 2.70. The van der Waals surface area contributed by atoms with Crippen molar-refractivity contribution < 1.29 is 9.84 Å². The number of ether oxygens (including phenoxy) is 1. The minimum absolute atomic E-state index is 0.309. The lowest BCUT2D eigenvalue weighted by molar-refractivity contribution is -0.00476. The van der Waals surface area contributed by atoms with Gasteiger partial charge in [0.05, 0.1) is 23.7 Å². The van der Waals surface area contributed by atoms with Crippen LogP contribution in [-0.4, -0.2) is 33.3 Å². The molecule has 2 rings (SSSR count). The molecule has 90 valence electrons. The van der Waals surface area contributed by atoms with E-state index in [1.165, 1.54) is 0 Å². The molecule has 0 fully saturated rings. The summed E-state index contributed by atoms with van der Waals surface area (Å²) in [7, 11) is 1.56. The van der Waals surface area contributed by atoms with E-state index in [9.17, 15) is 5.11 Å². The monoisotopic (exact) mass is 233 g/mol. The van der Waals surface area contributed by atoms with Crippen molar-refractivity contribution in [2.24, 2.45) is 0 Å². The molecule has 1 heterocycles. The Morgan fingerprint density at radius 3 is 2.65 bits per heavy atom. The van der Waals surface area contributed by atoms with Gasteiger partial charge in [-0.25, -0.2) is 4.68 Å². The van der Waals surface area contributed by atoms with Crippen LogP contribution in [0.2, 0.25) is 0 Å². The minimum atomic E-state index is -0.754. The highest BCUT2D eigenvalue weighted by atomic mass is 16.5. The van der Waals surface area contributed by atoms with Crippen LogP contribution in [0.3, 0.4) is 0 Å². The second kappa shape index (κ2) is 5.07. The summed E-state index contributed by atoms with van der Waals surface area (Å²) in [4.78, 5) is 0. The molecule has 2 unspecified atom stereocenters. The first-order valence-electron chi connectivity index (χ1n) is 5.41. The van der Waals surface area contributed by atoms with Gasteiger partial charge in [0.15, 0.2) is 0 Å². The first-order valence-corrected chi connectivity index (χ1v) is 5.41. The van der Waals surface area contributed by atoms with Gasteiger partial charge in [0.1, 0.15) is 6.10 Å². The highest BCUT2D eigenvalue weighted by Gasteiger charge is 2.21. The summed E-state index contributed by atoms with van der Waals surface area (Å²) in [5.74, 6) is 0. The summed E-state index contributed by atoms with van der Waals surface area (Å²) >= 11 is 0. The van der Waals surface area contributed by atoms with E-state index in [-0.39, 0.29) is 6.10 Å². The SMILES string of the molecule is COC(C)C(O)c1cnnn1-c1ccccc1. The van der Waals surface area contributed by atoms with Gasteiger partial charge >= 0.3 is 0 Å². The molecule has 2 aromatic rings. The van der Waals surface area contributed by atoms with Crippen LogP contribution >= 0.6 is 0 Å². The van der Waals surface area contributed by atoms with Crippen molar-refractivity contribution in [2.75, 3.05) is 7.11 Å². The smallest absolute Gasteiger partial charge is 0.123 e. The molecule has 17 heavy (non-hydrogen) atoms. The van der Waals surface area contributed by atoms with Crippen molar-refractivity contribution in [3.63, 3.8) is 0 Å². The normalized spacial score (nSPS) is 14.5. The maximum absolute atomic E-state index is 10.1. The largest absolute Gasteiger partial charge is 0.384 e. The molecule has 0 radical (unpaired) electrons. The molecule has 5 nitrogen and oxygen atoms in total. The number of benzene rings is 1. The van der Waals surface area contributed by atoms with E-state index in [0.29, 0.717) is 5.69 Å². The Hall–Kier alpha value is -1.72. The van der Waals surface area contributed by atoms with Gasteiger partial charge < -0.3 is 9.84 Å². The van der Waals surface area contributed by atoms with Gasteiger partial charge in [-0.15, -0.1) is 5.10 Å². The quantitative estimate of drug-likeness (QED) is 0.865. The van der Waals surface area contributed by atoms with E-state index >= 15 is 0 Å². The number of aliphatic hydroxyl groups excluding tert-OH is 1. The molecule has 0 bridgehead atoms. The topological polar surface area (TPSA) is 60.2 Å². The fourth-order valence-electron chi connectivity index (χ4n) is 1.58. The molecule has 1 N–H and O–H groups in total. The zero-order valence-corrected chi connectivity index (χ0v) is 9.82. The zero-order chi connectivity index (χ0) is 12.3. The van der Waals surface area contributed by atoms with Crippen LogP contribution < -0.4 is 0 Å². The van der Waals surface area contributed by atoms with Gasteiger partial charge in [0.25, 0.3) is 0 Å². The molecule has 0 aliphatic carbocycles. The first-order chi connectivity index (χ1) is 8.24. The molecule has 1 aromatic heterocycles. The molecule has 0 aliphatic heterocycles. The van der Waals surface area contributed by atoms with Crippen molar-refractivity contribution in [1.29, 1.82) is 0 Å². The summed E-state index contributed by atoms with van der Waals surface area (Å²) in [5, 5.41) is 17.9. The Morgan fingerprint density at radius 2 is 2.00 bits per heavy atom. The number of rotatable bonds is 4. The van der Waals surface area contributed by atoms with Crippen LogP contribution in [-0.2, 0) is 4.74 Å². The highest BCUT2D eigenvalue weighted by molar-refractivity contribution is 5.32. The van der Waals surface area contributed by atoms with E-state index < -0.39 is 6.10 Å². The van der Waals surface area contributed by atoms with Crippen LogP contribution in [0.5, 0.6) is 0 Å². The van der Waals surface area contributed by atoms with Crippen LogP contribution in [0.1, 0.15) is 18.7 Å². The average molecular weight is 233 g/mol. The van der Waals surface area contributed by atoms with Crippen LogP contribution in [0.25, 0.3) is 5.69 Å². The Balaban J connectivity index is 2.35. The summed E-state index contributed by atoms with van der Waals surface area (Å²) in [5.41, 5.74) is 1.48. The number of aromatic nitrogens is 3. The summed E-state index contributed by atoms with van der Waals surface area (Å²) in [6.45, 7) is 1.80. The summed E-state index contributed by atoms with van der Waals surface area (Å²) < 4.78 is 6.72. The van der Waals surface area contributed by atoms with Crippen LogP contribution in [0.15, 0.2) is 36.5 Å². The summed E-state index contributed by atoms with van der Waals surface area (Å²) in [6, 6.07) is 9.55. The fourth-order valence-corrected chi connectivity index (χ4v) is 1.58. The van der Waals surface area contributed by atoms with Gasteiger partial charge in [0, 0.05) is 7.11 Å². The number of hydrogen-bond donors (Lipinski definition) is 1. The number of methoxy groups -OCH3 is 1. The maximum atomic E-state index is 10.1. The van der Waals surface area contributed by atoms with Gasteiger partial charge in [0.2, 0.25) is 0 Å². The molecule has 0 amide bonds. The lowest BCUT2D eigenvalue weighted by Gasteiger charge is -2.17. The predicted molar refractivity (Wildman–Crippen MR) is 62.8 cm³/mol. The second-order valence-electron chi connectivity index (χ2n) is 3.79. The maximum Gasteiger partial charge on any atom is 0.123 e. The van der Waals surface area contributed by atoms with Crippen molar-refractivity contribution >= 4 is 0 Å². The highest BCUT2D eigenvalue weighted by Crippen LogP contribution is 2.20. The number of nitrogens with zero attached hydrogens (tertiary/aromatic N) is 3. The molecule has 0 spiro atoms. The minimum Gasteiger partial charge on any atom is -0.384 e. The van der Waals surface area contributed by atoms with Crippen molar-refractivity contribution in [3.8, 4) is 5.69 Å². The van der Waals surface area contributed by atoms with Crippen molar-refractivity contribution in [1.82, 2.24) is 15.0 Å². The molecule has 0 aliphatic rings. The number of aliphatic hydroxyl groups is 1. The molecular formula is C12H15N3O2. The third-order valence-electron chi connectivity index (χ3n) is 2.70. The Kier molecular flexibility index (Phi) is 3.51. The second-order valence-corrected chi connectivity index (χ2v) is 3.79. The molecular weight excluding hydrogens is 218 g/mol. The molecule has 5 heteroatoms. The van der Waals surface area contributed by atoms with E-state index in [1.54, 1.807) is 24.9 Å². The summed E-state index contributed by atoms with van der Waals surface area (Å²) in [6.07, 6.45) is 0.485. The van der Waals surface area contributed by atoms with Gasteiger partial charge in [-0.3, -0.25) is 0 Å². The average Bonchev–Trinajstić information content (AvgIpc) is 2.87. The van der Waals surface area contributed by atoms with Gasteiger partial charge in [-0.1, -0.05) is 23.4 Å². The van der Waals surface area contributed by atoms with E-state index in [4.69, 9.17) is 4.74 Å². The lowest BCUT2D eigenvalue weighted by Crippen LogP contribution is -2.20. The Bertz CT molecular complexity index is 470. The van der Waals surface area contributed by atoms with Crippen LogP contribution in [0, 0.1) is 0 Å². The van der Waals surface area contributed by atoms with E-state index in [2.05, 4.69) is 10.3 Å². The standard InChI is InChI=1S/C12H15N3O2/c1-9(17-2)12(16)11-8-13-14-15(11)10-6-4-3-5-7-10/h3-9,12,16H,1-2H3. The Morgan fingerprint density at radius 1 is 1.29 bits per heavy atom. The molecule has 1 aromatic carbocycles. The number of hydrogen-bond acceptors (Lipinski definition) is 4. The van der Waals surface area contributed by atoms with Crippen molar-refractivity contribution in [3.05, 3.63) is 42.2 Å². The Labute approximate surface area is 99.7 Å². The lowest BCUT2D eigenvalue weighted by atomic mass is 10.1. The van der Waals surface area contributed by atoms with Gasteiger partial charge in [-0.2, -0.15) is 0 Å².